The van der Waals surface area contributed by atoms with Gasteiger partial charge in [-0.25, -0.2) is 0 Å². The highest BCUT2D eigenvalue weighted by Gasteiger charge is 2.63. The van der Waals surface area contributed by atoms with Crippen molar-refractivity contribution in [3.05, 3.63) is 41.0 Å². The largest absolute Gasteiger partial charge is 0.393 e. The van der Waals surface area contributed by atoms with Crippen LogP contribution < -0.4 is 0 Å². The molecule has 2 bridgehead atoms. The standard InChI is InChI=1S/C22H28O5/c1-21(2)16-8-9-22(21,3)20(27)15(16)10-13-4-6-14(7-5-13)11-17(24)19(26)18(25)12-23/h4-7,10,16-18,23-25H,8-9,11-12H2,1-3H3/b15-10+. The number of aliphatic hydroxyl groups excluding tert-OH is 3. The zero-order valence-corrected chi connectivity index (χ0v) is 16.1. The Balaban J connectivity index is 1.75. The van der Waals surface area contributed by atoms with Gasteiger partial charge in [0, 0.05) is 11.8 Å². The second-order valence-electron chi connectivity index (χ2n) is 8.64. The van der Waals surface area contributed by atoms with Gasteiger partial charge in [-0.3, -0.25) is 9.59 Å². The van der Waals surface area contributed by atoms with Crippen LogP contribution in [0.2, 0.25) is 0 Å². The fourth-order valence-corrected chi connectivity index (χ4v) is 4.66. The van der Waals surface area contributed by atoms with Gasteiger partial charge in [-0.15, -0.1) is 0 Å². The molecule has 0 amide bonds. The Morgan fingerprint density at radius 1 is 1.19 bits per heavy atom. The Labute approximate surface area is 159 Å². The molecule has 0 aromatic heterocycles. The van der Waals surface area contributed by atoms with Gasteiger partial charge < -0.3 is 15.3 Å². The molecule has 0 spiro atoms. The predicted octanol–water partition coefficient (Wildman–Crippen LogP) is 1.92. The second-order valence-corrected chi connectivity index (χ2v) is 8.64. The molecule has 146 valence electrons. The normalized spacial score (nSPS) is 29.9. The Morgan fingerprint density at radius 2 is 1.81 bits per heavy atom. The van der Waals surface area contributed by atoms with Crippen LogP contribution in [0.4, 0.5) is 0 Å². The number of benzene rings is 1. The van der Waals surface area contributed by atoms with E-state index in [9.17, 15) is 19.8 Å². The molecular weight excluding hydrogens is 344 g/mol. The molecule has 0 heterocycles. The van der Waals surface area contributed by atoms with Crippen molar-refractivity contribution in [1.82, 2.24) is 0 Å². The summed E-state index contributed by atoms with van der Waals surface area (Å²) >= 11 is 0. The number of rotatable bonds is 6. The lowest BCUT2D eigenvalue weighted by molar-refractivity contribution is -0.137. The Hall–Kier alpha value is -1.82. The number of Topliss-reactive ketones (excluding diaryl/α,β-unsaturated/α-hetero) is 2. The van der Waals surface area contributed by atoms with E-state index in [1.54, 1.807) is 12.1 Å². The lowest BCUT2D eigenvalue weighted by Crippen LogP contribution is -2.35. The molecule has 5 nitrogen and oxygen atoms in total. The van der Waals surface area contributed by atoms with E-state index < -0.39 is 24.6 Å². The molecule has 1 aromatic rings. The lowest BCUT2D eigenvalue weighted by atomic mass is 9.70. The molecular formula is C22H28O5. The van der Waals surface area contributed by atoms with E-state index in [0.29, 0.717) is 0 Å². The van der Waals surface area contributed by atoms with Gasteiger partial charge >= 0.3 is 0 Å². The van der Waals surface area contributed by atoms with Crippen molar-refractivity contribution >= 4 is 17.6 Å². The lowest BCUT2D eigenvalue weighted by Gasteiger charge is -2.31. The third-order valence-corrected chi connectivity index (χ3v) is 6.93. The molecule has 0 radical (unpaired) electrons. The maximum Gasteiger partial charge on any atom is 0.192 e. The van der Waals surface area contributed by atoms with E-state index in [-0.39, 0.29) is 29.0 Å². The maximum atomic E-state index is 12.9. The predicted molar refractivity (Wildman–Crippen MR) is 102 cm³/mol. The molecule has 5 heteroatoms. The average Bonchev–Trinajstić information content (AvgIpc) is 2.95. The third-order valence-electron chi connectivity index (χ3n) is 6.93. The highest BCUT2D eigenvalue weighted by atomic mass is 16.3. The Kier molecular flexibility index (Phi) is 5.14. The molecule has 2 saturated carbocycles. The minimum absolute atomic E-state index is 0.0200. The summed E-state index contributed by atoms with van der Waals surface area (Å²) in [6, 6.07) is 7.35. The number of hydrogen-bond donors (Lipinski definition) is 3. The van der Waals surface area contributed by atoms with E-state index in [1.807, 2.05) is 18.2 Å². The van der Waals surface area contributed by atoms with Gasteiger partial charge in [0.1, 0.15) is 12.2 Å². The summed E-state index contributed by atoms with van der Waals surface area (Å²) < 4.78 is 0. The van der Waals surface area contributed by atoms with E-state index in [2.05, 4.69) is 20.8 Å². The summed E-state index contributed by atoms with van der Waals surface area (Å²) in [6.45, 7) is 5.75. The van der Waals surface area contributed by atoms with Gasteiger partial charge in [0.05, 0.1) is 6.61 Å². The number of fused-ring (bicyclic) bond motifs is 2. The van der Waals surface area contributed by atoms with E-state index in [0.717, 1.165) is 29.5 Å². The number of hydrogen-bond acceptors (Lipinski definition) is 5. The maximum absolute atomic E-state index is 12.9. The SMILES string of the molecule is CC12CCC(/C(=C\c3ccc(CC(O)C(=O)C(O)CO)cc3)C1=O)C2(C)C. The zero-order chi connectivity index (χ0) is 20.0. The van der Waals surface area contributed by atoms with Crippen LogP contribution in [0.15, 0.2) is 29.8 Å². The van der Waals surface area contributed by atoms with Gasteiger partial charge in [0.2, 0.25) is 0 Å². The van der Waals surface area contributed by atoms with Gasteiger partial charge in [-0.2, -0.15) is 0 Å². The molecule has 4 atom stereocenters. The van der Waals surface area contributed by atoms with Crippen LogP contribution in [0, 0.1) is 16.7 Å². The number of ketones is 2. The van der Waals surface area contributed by atoms with Gasteiger partial charge in [0.25, 0.3) is 0 Å². The van der Waals surface area contributed by atoms with Crippen LogP contribution in [0.1, 0.15) is 44.7 Å². The summed E-state index contributed by atoms with van der Waals surface area (Å²) in [4.78, 5) is 24.6. The van der Waals surface area contributed by atoms with E-state index in [4.69, 9.17) is 5.11 Å². The number of allylic oxidation sites excluding steroid dienone is 1. The minimum atomic E-state index is -1.56. The fourth-order valence-electron chi connectivity index (χ4n) is 4.66. The van der Waals surface area contributed by atoms with Crippen molar-refractivity contribution in [1.29, 1.82) is 0 Å². The Morgan fingerprint density at radius 3 is 2.33 bits per heavy atom. The smallest absolute Gasteiger partial charge is 0.192 e. The van der Waals surface area contributed by atoms with Crippen LogP contribution in [0.3, 0.4) is 0 Å². The molecule has 2 fully saturated rings. The molecule has 4 unspecified atom stereocenters. The number of aliphatic hydroxyl groups is 3. The van der Waals surface area contributed by atoms with Crippen molar-refractivity contribution in [2.45, 2.75) is 52.2 Å². The summed E-state index contributed by atoms with van der Waals surface area (Å²) in [5, 5.41) is 28.0. The number of carbonyl (C=O) groups is 2. The first-order valence-electron chi connectivity index (χ1n) is 9.48. The van der Waals surface area contributed by atoms with Crippen molar-refractivity contribution < 1.29 is 24.9 Å². The third kappa shape index (κ3) is 3.18. The summed E-state index contributed by atoms with van der Waals surface area (Å²) in [5.41, 5.74) is 2.28. The molecule has 0 saturated heterocycles. The van der Waals surface area contributed by atoms with Crippen LogP contribution >= 0.6 is 0 Å². The molecule has 3 N–H and O–H groups in total. The highest BCUT2D eigenvalue weighted by Crippen LogP contribution is 2.65. The van der Waals surface area contributed by atoms with Crippen molar-refractivity contribution in [3.8, 4) is 0 Å². The molecule has 3 rings (SSSR count). The van der Waals surface area contributed by atoms with Gasteiger partial charge in [-0.05, 0) is 47.0 Å². The first-order valence-corrected chi connectivity index (χ1v) is 9.48. The van der Waals surface area contributed by atoms with Gasteiger partial charge in [0.15, 0.2) is 11.6 Å². The molecule has 0 aliphatic heterocycles. The van der Waals surface area contributed by atoms with E-state index >= 15 is 0 Å². The van der Waals surface area contributed by atoms with E-state index in [1.165, 1.54) is 0 Å². The zero-order valence-electron chi connectivity index (χ0n) is 16.1. The van der Waals surface area contributed by atoms with Crippen LogP contribution in [0.25, 0.3) is 6.08 Å². The van der Waals surface area contributed by atoms with Crippen LogP contribution in [-0.2, 0) is 16.0 Å². The minimum Gasteiger partial charge on any atom is -0.393 e. The summed E-state index contributed by atoms with van der Waals surface area (Å²) in [5.74, 6) is -0.243. The fraction of sp³-hybridized carbons (Fsp3) is 0.545. The Bertz CT molecular complexity index is 776. The molecule has 2 aliphatic rings. The van der Waals surface area contributed by atoms with Crippen molar-refractivity contribution in [2.24, 2.45) is 16.7 Å². The van der Waals surface area contributed by atoms with Crippen molar-refractivity contribution in [2.75, 3.05) is 6.61 Å². The van der Waals surface area contributed by atoms with Crippen LogP contribution in [0.5, 0.6) is 0 Å². The highest BCUT2D eigenvalue weighted by molar-refractivity contribution is 6.07. The topological polar surface area (TPSA) is 94.8 Å². The number of carbonyl (C=O) groups excluding carboxylic acids is 2. The molecule has 27 heavy (non-hydrogen) atoms. The van der Waals surface area contributed by atoms with Gasteiger partial charge in [-0.1, -0.05) is 45.0 Å². The molecule has 2 aliphatic carbocycles. The summed E-state index contributed by atoms with van der Waals surface area (Å²) in [7, 11) is 0. The second kappa shape index (κ2) is 6.97. The molecule has 1 aromatic carbocycles. The first-order chi connectivity index (χ1) is 12.6. The monoisotopic (exact) mass is 372 g/mol. The summed E-state index contributed by atoms with van der Waals surface area (Å²) in [6.07, 6.45) is 1.12. The van der Waals surface area contributed by atoms with Crippen molar-refractivity contribution in [3.63, 3.8) is 0 Å². The quantitative estimate of drug-likeness (QED) is 0.663. The average molecular weight is 372 g/mol. The first kappa shape index (κ1) is 19.9. The van der Waals surface area contributed by atoms with Crippen LogP contribution in [-0.4, -0.2) is 45.7 Å².